The summed E-state index contributed by atoms with van der Waals surface area (Å²) in [5, 5.41) is 13.8. The summed E-state index contributed by atoms with van der Waals surface area (Å²) in [6.45, 7) is 4.04. The number of rotatable bonds is 6. The van der Waals surface area contributed by atoms with E-state index in [4.69, 9.17) is 0 Å². The zero-order valence-corrected chi connectivity index (χ0v) is 13.3. The zero-order chi connectivity index (χ0) is 15.3. The number of carbonyl (C=O) groups excluding carboxylic acids is 1. The van der Waals surface area contributed by atoms with Crippen LogP contribution in [-0.4, -0.2) is 40.0 Å². The summed E-state index contributed by atoms with van der Waals surface area (Å²) in [5.41, 5.74) is 0.207. The van der Waals surface area contributed by atoms with Gasteiger partial charge in [0.05, 0.1) is 10.6 Å². The molecule has 0 saturated heterocycles. The summed E-state index contributed by atoms with van der Waals surface area (Å²) in [4.78, 5) is 16.6. The highest BCUT2D eigenvalue weighted by molar-refractivity contribution is 8.14. The first-order chi connectivity index (χ1) is 10.0. The van der Waals surface area contributed by atoms with Gasteiger partial charge in [-0.1, -0.05) is 43.7 Å². The summed E-state index contributed by atoms with van der Waals surface area (Å²) in [6, 6.07) is 9.53. The van der Waals surface area contributed by atoms with Gasteiger partial charge in [-0.05, 0) is 13.3 Å². The number of benzene rings is 1. The Labute approximate surface area is 130 Å². The lowest BCUT2D eigenvalue weighted by Gasteiger charge is -2.23. The normalized spacial score (nSPS) is 20.7. The molecule has 2 unspecified atom stereocenters. The lowest BCUT2D eigenvalue weighted by Crippen LogP contribution is -2.44. The van der Waals surface area contributed by atoms with Gasteiger partial charge in [-0.25, -0.2) is 0 Å². The van der Waals surface area contributed by atoms with Gasteiger partial charge < -0.3 is 10.4 Å². The van der Waals surface area contributed by atoms with Crippen LogP contribution in [0.2, 0.25) is 0 Å². The van der Waals surface area contributed by atoms with Crippen molar-refractivity contribution in [3.05, 3.63) is 35.9 Å². The Hall–Kier alpha value is -1.33. The molecule has 2 atom stereocenters. The molecule has 0 bridgehead atoms. The molecule has 1 aromatic carbocycles. The predicted molar refractivity (Wildman–Crippen MR) is 87.8 cm³/mol. The Morgan fingerprint density at radius 1 is 1.48 bits per heavy atom. The molecule has 1 heterocycles. The average Bonchev–Trinajstić information content (AvgIpc) is 2.96. The number of nitrogens with zero attached hydrogens (tertiary/aromatic N) is 1. The highest BCUT2D eigenvalue weighted by Gasteiger charge is 2.27. The van der Waals surface area contributed by atoms with Crippen LogP contribution in [0.1, 0.15) is 32.3 Å². The fraction of sp³-hybridized carbons (Fsp3) is 0.500. The lowest BCUT2D eigenvalue weighted by atomic mass is 10.0. The van der Waals surface area contributed by atoms with Gasteiger partial charge in [-0.2, -0.15) is 0 Å². The first kappa shape index (κ1) is 16.0. The fourth-order valence-electron chi connectivity index (χ4n) is 2.27. The SMILES string of the molecule is CCCC(C)(O)CNC(=O)C1CSC(c2ccccc2)=N1. The van der Waals surface area contributed by atoms with Crippen LogP contribution in [0, 0.1) is 0 Å². The Morgan fingerprint density at radius 2 is 2.19 bits per heavy atom. The Balaban J connectivity index is 1.91. The van der Waals surface area contributed by atoms with Gasteiger partial charge >= 0.3 is 0 Å². The van der Waals surface area contributed by atoms with Gasteiger partial charge in [0.25, 0.3) is 0 Å². The Morgan fingerprint density at radius 3 is 2.86 bits per heavy atom. The van der Waals surface area contributed by atoms with Crippen molar-refractivity contribution < 1.29 is 9.90 Å². The molecule has 0 fully saturated rings. The standard InChI is InChI=1S/C16H22N2O2S/c1-3-9-16(2,20)11-17-14(19)13-10-21-15(18-13)12-7-5-4-6-8-12/h4-8,13,20H,3,9-11H2,1-2H3,(H,17,19). The summed E-state index contributed by atoms with van der Waals surface area (Å²) in [7, 11) is 0. The monoisotopic (exact) mass is 306 g/mol. The van der Waals surface area contributed by atoms with E-state index >= 15 is 0 Å². The summed E-state index contributed by atoms with van der Waals surface area (Å²) >= 11 is 1.60. The van der Waals surface area contributed by atoms with E-state index in [9.17, 15) is 9.90 Å². The van der Waals surface area contributed by atoms with E-state index in [0.29, 0.717) is 12.2 Å². The fourth-order valence-corrected chi connectivity index (χ4v) is 3.32. The van der Waals surface area contributed by atoms with Crippen LogP contribution in [0.15, 0.2) is 35.3 Å². The second-order valence-corrected chi connectivity index (χ2v) is 6.60. The molecular formula is C16H22N2O2S. The predicted octanol–water partition coefficient (Wildman–Crippen LogP) is 2.22. The van der Waals surface area contributed by atoms with E-state index in [1.165, 1.54) is 0 Å². The number of aliphatic hydroxyl groups is 1. The first-order valence-corrected chi connectivity index (χ1v) is 8.26. The summed E-state index contributed by atoms with van der Waals surface area (Å²) < 4.78 is 0. The van der Waals surface area contributed by atoms with E-state index in [2.05, 4.69) is 10.3 Å². The molecule has 2 N–H and O–H groups in total. The minimum atomic E-state index is -0.845. The minimum absolute atomic E-state index is 0.107. The lowest BCUT2D eigenvalue weighted by molar-refractivity contribution is -0.122. The maximum Gasteiger partial charge on any atom is 0.245 e. The van der Waals surface area contributed by atoms with Crippen LogP contribution in [0.4, 0.5) is 0 Å². The summed E-state index contributed by atoms with van der Waals surface area (Å²) in [6.07, 6.45) is 1.56. The van der Waals surface area contributed by atoms with Crippen LogP contribution < -0.4 is 5.32 Å². The van der Waals surface area contributed by atoms with E-state index in [0.717, 1.165) is 17.0 Å². The van der Waals surface area contributed by atoms with E-state index in [1.807, 2.05) is 37.3 Å². The van der Waals surface area contributed by atoms with E-state index in [1.54, 1.807) is 18.7 Å². The van der Waals surface area contributed by atoms with Crippen LogP contribution in [-0.2, 0) is 4.79 Å². The van der Waals surface area contributed by atoms with Gasteiger partial charge in [-0.3, -0.25) is 9.79 Å². The van der Waals surface area contributed by atoms with E-state index < -0.39 is 5.60 Å². The topological polar surface area (TPSA) is 61.7 Å². The zero-order valence-electron chi connectivity index (χ0n) is 12.5. The second kappa shape index (κ2) is 7.09. The van der Waals surface area contributed by atoms with Gasteiger partial charge in [0.15, 0.2) is 0 Å². The van der Waals surface area contributed by atoms with Gasteiger partial charge in [0, 0.05) is 17.9 Å². The van der Waals surface area contributed by atoms with E-state index in [-0.39, 0.29) is 18.5 Å². The van der Waals surface area contributed by atoms with Crippen molar-refractivity contribution in [2.75, 3.05) is 12.3 Å². The molecule has 1 amide bonds. The number of aliphatic imine (C=N–C) groups is 1. The third-order valence-electron chi connectivity index (χ3n) is 3.41. The van der Waals surface area contributed by atoms with Crippen LogP contribution >= 0.6 is 11.8 Å². The van der Waals surface area contributed by atoms with Crippen molar-refractivity contribution in [1.29, 1.82) is 0 Å². The van der Waals surface area contributed by atoms with Crippen LogP contribution in [0.3, 0.4) is 0 Å². The molecule has 0 saturated carbocycles. The molecule has 21 heavy (non-hydrogen) atoms. The third-order valence-corrected chi connectivity index (χ3v) is 4.50. The second-order valence-electron chi connectivity index (χ2n) is 5.59. The molecule has 1 aliphatic heterocycles. The number of nitrogens with one attached hydrogen (secondary N) is 1. The maximum absolute atomic E-state index is 12.1. The molecule has 2 rings (SSSR count). The number of amides is 1. The van der Waals surface area contributed by atoms with Crippen molar-refractivity contribution >= 4 is 22.7 Å². The molecule has 0 spiro atoms. The average molecular weight is 306 g/mol. The molecule has 1 aliphatic rings. The first-order valence-electron chi connectivity index (χ1n) is 7.28. The van der Waals surface area contributed by atoms with Gasteiger partial charge in [0.2, 0.25) is 5.91 Å². The van der Waals surface area contributed by atoms with Crippen LogP contribution in [0.5, 0.6) is 0 Å². The molecule has 0 aromatic heterocycles. The number of hydrogen-bond acceptors (Lipinski definition) is 4. The molecule has 114 valence electrons. The van der Waals surface area contributed by atoms with Crippen molar-refractivity contribution in [3.63, 3.8) is 0 Å². The molecule has 1 aromatic rings. The smallest absolute Gasteiger partial charge is 0.245 e. The van der Waals surface area contributed by atoms with Crippen molar-refractivity contribution in [2.24, 2.45) is 4.99 Å². The molecular weight excluding hydrogens is 284 g/mol. The largest absolute Gasteiger partial charge is 0.388 e. The minimum Gasteiger partial charge on any atom is -0.388 e. The van der Waals surface area contributed by atoms with Gasteiger partial charge in [-0.15, -0.1) is 11.8 Å². The van der Waals surface area contributed by atoms with Crippen molar-refractivity contribution in [2.45, 2.75) is 38.3 Å². The van der Waals surface area contributed by atoms with Crippen molar-refractivity contribution in [3.8, 4) is 0 Å². The van der Waals surface area contributed by atoms with Crippen LogP contribution in [0.25, 0.3) is 0 Å². The Kier molecular flexibility index (Phi) is 5.42. The maximum atomic E-state index is 12.1. The third kappa shape index (κ3) is 4.58. The quantitative estimate of drug-likeness (QED) is 0.847. The molecule has 5 heteroatoms. The number of thioether (sulfide) groups is 1. The van der Waals surface area contributed by atoms with Gasteiger partial charge in [0.1, 0.15) is 6.04 Å². The Bertz CT molecular complexity index is 514. The highest BCUT2D eigenvalue weighted by Crippen LogP contribution is 2.23. The molecule has 4 nitrogen and oxygen atoms in total. The number of carbonyl (C=O) groups is 1. The number of hydrogen-bond donors (Lipinski definition) is 2. The molecule has 0 radical (unpaired) electrons. The summed E-state index contributed by atoms with van der Waals surface area (Å²) in [5.74, 6) is 0.552. The highest BCUT2D eigenvalue weighted by atomic mass is 32.2. The molecule has 0 aliphatic carbocycles. The van der Waals surface area contributed by atoms with Crippen molar-refractivity contribution in [1.82, 2.24) is 5.32 Å².